The first-order valence-corrected chi connectivity index (χ1v) is 11.8. The molecule has 0 unspecified atom stereocenters. The van der Waals surface area contributed by atoms with E-state index in [9.17, 15) is 18.0 Å². The van der Waals surface area contributed by atoms with Gasteiger partial charge in [-0.15, -0.1) is 0 Å². The fourth-order valence-corrected chi connectivity index (χ4v) is 5.00. The normalized spacial score (nSPS) is 16.2. The summed E-state index contributed by atoms with van der Waals surface area (Å²) in [4.78, 5) is 17.3. The zero-order chi connectivity index (χ0) is 22.7. The summed E-state index contributed by atoms with van der Waals surface area (Å²) in [6.45, 7) is 2.28. The van der Waals surface area contributed by atoms with Crippen molar-refractivity contribution in [2.24, 2.45) is 0 Å². The van der Waals surface area contributed by atoms with Crippen LogP contribution in [0.4, 0.5) is 13.2 Å². The zero-order valence-electron chi connectivity index (χ0n) is 17.9. The lowest BCUT2D eigenvalue weighted by molar-refractivity contribution is -0.137. The molecule has 1 atom stereocenters. The number of carbonyl (C=O) groups is 1. The predicted molar refractivity (Wildman–Crippen MR) is 121 cm³/mol. The number of nitrogens with one attached hydrogen (secondary N) is 1. The van der Waals surface area contributed by atoms with Crippen LogP contribution < -0.4 is 5.32 Å². The van der Waals surface area contributed by atoms with Crippen molar-refractivity contribution in [3.63, 3.8) is 0 Å². The molecule has 8 heteroatoms. The van der Waals surface area contributed by atoms with Gasteiger partial charge in [0.05, 0.1) is 28.4 Å². The van der Waals surface area contributed by atoms with E-state index in [0.717, 1.165) is 43.4 Å². The summed E-state index contributed by atoms with van der Waals surface area (Å²) in [5, 5.41) is 3.25. The predicted octanol–water partition coefficient (Wildman–Crippen LogP) is 6.03. The summed E-state index contributed by atoms with van der Waals surface area (Å²) in [6, 6.07) is 13.5. The van der Waals surface area contributed by atoms with Crippen molar-refractivity contribution in [3.05, 3.63) is 59.7 Å². The molecule has 0 radical (unpaired) electrons. The van der Waals surface area contributed by atoms with E-state index in [0.29, 0.717) is 17.2 Å². The highest BCUT2D eigenvalue weighted by Crippen LogP contribution is 2.34. The number of carbonyl (C=O) groups excluding carboxylic acids is 1. The van der Waals surface area contributed by atoms with Gasteiger partial charge in [-0.1, -0.05) is 61.4 Å². The monoisotopic (exact) mass is 461 g/mol. The van der Waals surface area contributed by atoms with Crippen LogP contribution in [-0.4, -0.2) is 26.8 Å². The van der Waals surface area contributed by atoms with E-state index in [1.165, 1.54) is 24.2 Å². The first-order chi connectivity index (χ1) is 15.3. The molecule has 2 aromatic carbocycles. The number of rotatable bonds is 6. The molecule has 0 aliphatic heterocycles. The van der Waals surface area contributed by atoms with E-state index in [4.69, 9.17) is 0 Å². The molecule has 0 bridgehead atoms. The Kier molecular flexibility index (Phi) is 6.79. The minimum Gasteiger partial charge on any atom is -0.352 e. The van der Waals surface area contributed by atoms with Crippen LogP contribution in [-0.2, 0) is 17.5 Å². The van der Waals surface area contributed by atoms with Crippen molar-refractivity contribution in [2.75, 3.05) is 0 Å². The Morgan fingerprint density at radius 1 is 1.16 bits per heavy atom. The highest BCUT2D eigenvalue weighted by molar-refractivity contribution is 8.00. The third-order valence-electron chi connectivity index (χ3n) is 5.83. The van der Waals surface area contributed by atoms with Crippen molar-refractivity contribution >= 4 is 28.7 Å². The van der Waals surface area contributed by atoms with Crippen LogP contribution in [0.3, 0.4) is 0 Å². The van der Waals surface area contributed by atoms with Gasteiger partial charge < -0.3 is 9.88 Å². The topological polar surface area (TPSA) is 46.9 Å². The van der Waals surface area contributed by atoms with E-state index < -0.39 is 17.0 Å². The molecular formula is C24H26F3N3OS. The van der Waals surface area contributed by atoms with Crippen molar-refractivity contribution < 1.29 is 18.0 Å². The lowest BCUT2D eigenvalue weighted by Crippen LogP contribution is -2.40. The summed E-state index contributed by atoms with van der Waals surface area (Å²) < 4.78 is 41.5. The third-order valence-corrected chi connectivity index (χ3v) is 6.92. The molecular weight excluding hydrogens is 435 g/mol. The molecule has 1 aliphatic carbocycles. The van der Waals surface area contributed by atoms with Crippen LogP contribution in [0, 0.1) is 0 Å². The minimum atomic E-state index is -4.43. The molecule has 1 aromatic heterocycles. The fraction of sp³-hybridized carbons (Fsp3) is 0.417. The quantitative estimate of drug-likeness (QED) is 0.456. The van der Waals surface area contributed by atoms with Crippen molar-refractivity contribution in [1.82, 2.24) is 14.9 Å². The van der Waals surface area contributed by atoms with Crippen LogP contribution in [0.5, 0.6) is 0 Å². The van der Waals surface area contributed by atoms with Gasteiger partial charge in [0.15, 0.2) is 5.16 Å². The number of nitrogens with zero attached hydrogens (tertiary/aromatic N) is 2. The maximum atomic E-state index is 13.2. The standard InChI is InChI=1S/C24H26F3N3OS/c1-16(22(31)28-19-10-6-3-7-11-19)32-23-29-20-14-18(24(25,26)27)12-13-21(20)30(23)15-17-8-4-2-5-9-17/h2,4-5,8-9,12-14,16,19H,3,6-7,10-11,15H2,1H3,(H,28,31)/t16-/m0/s1. The molecule has 0 saturated heterocycles. The largest absolute Gasteiger partial charge is 0.416 e. The number of imidazole rings is 1. The number of hydrogen-bond donors (Lipinski definition) is 1. The third kappa shape index (κ3) is 5.28. The van der Waals surface area contributed by atoms with Crippen molar-refractivity contribution in [2.45, 2.75) is 68.2 Å². The second-order valence-corrected chi connectivity index (χ2v) is 9.58. The van der Waals surface area contributed by atoms with Gasteiger partial charge in [0.2, 0.25) is 5.91 Å². The highest BCUT2D eigenvalue weighted by Gasteiger charge is 2.31. The number of thioether (sulfide) groups is 1. The Labute approximate surface area is 189 Å². The molecule has 32 heavy (non-hydrogen) atoms. The van der Waals surface area contributed by atoms with Crippen LogP contribution in [0.2, 0.25) is 0 Å². The van der Waals surface area contributed by atoms with Gasteiger partial charge in [0.1, 0.15) is 0 Å². The summed E-state index contributed by atoms with van der Waals surface area (Å²) in [5.74, 6) is -0.0591. The van der Waals surface area contributed by atoms with E-state index in [2.05, 4.69) is 10.3 Å². The van der Waals surface area contributed by atoms with Crippen molar-refractivity contribution in [1.29, 1.82) is 0 Å². The minimum absolute atomic E-state index is 0.0591. The molecule has 1 fully saturated rings. The number of fused-ring (bicyclic) bond motifs is 1. The zero-order valence-corrected chi connectivity index (χ0v) is 18.7. The molecule has 1 N–H and O–H groups in total. The maximum Gasteiger partial charge on any atom is 0.416 e. The lowest BCUT2D eigenvalue weighted by atomic mass is 9.95. The van der Waals surface area contributed by atoms with Crippen LogP contribution in [0.15, 0.2) is 53.7 Å². The molecule has 3 aromatic rings. The van der Waals surface area contributed by atoms with Gasteiger partial charge in [-0.2, -0.15) is 13.2 Å². The Balaban J connectivity index is 1.62. The molecule has 1 saturated carbocycles. The first kappa shape index (κ1) is 22.7. The van der Waals surface area contributed by atoms with E-state index in [1.807, 2.05) is 41.8 Å². The summed E-state index contributed by atoms with van der Waals surface area (Å²) in [6.07, 6.45) is 1.02. The Morgan fingerprint density at radius 3 is 2.56 bits per heavy atom. The van der Waals surface area contributed by atoms with Crippen molar-refractivity contribution in [3.8, 4) is 0 Å². The van der Waals surface area contributed by atoms with E-state index >= 15 is 0 Å². The number of benzene rings is 2. The number of amides is 1. The summed E-state index contributed by atoms with van der Waals surface area (Å²) in [5.41, 5.74) is 1.17. The van der Waals surface area contributed by atoms with Gasteiger partial charge in [0.25, 0.3) is 0 Å². The molecule has 0 spiro atoms. The molecule has 170 valence electrons. The van der Waals surface area contributed by atoms with Gasteiger partial charge in [-0.3, -0.25) is 4.79 Å². The average molecular weight is 462 g/mol. The number of aromatic nitrogens is 2. The molecule has 4 nitrogen and oxygen atoms in total. The van der Waals surface area contributed by atoms with Crippen LogP contribution in [0.25, 0.3) is 11.0 Å². The summed E-state index contributed by atoms with van der Waals surface area (Å²) >= 11 is 1.28. The summed E-state index contributed by atoms with van der Waals surface area (Å²) in [7, 11) is 0. The molecule has 4 rings (SSSR count). The Morgan fingerprint density at radius 2 is 1.88 bits per heavy atom. The van der Waals surface area contributed by atoms with Gasteiger partial charge in [-0.05, 0) is 43.5 Å². The van der Waals surface area contributed by atoms with E-state index in [-0.39, 0.29) is 17.5 Å². The van der Waals surface area contributed by atoms with E-state index in [1.54, 1.807) is 0 Å². The highest BCUT2D eigenvalue weighted by atomic mass is 32.2. The average Bonchev–Trinajstić information content (AvgIpc) is 3.10. The lowest BCUT2D eigenvalue weighted by Gasteiger charge is -2.24. The number of alkyl halides is 3. The molecule has 1 amide bonds. The smallest absolute Gasteiger partial charge is 0.352 e. The van der Waals surface area contributed by atoms with Gasteiger partial charge >= 0.3 is 6.18 Å². The second-order valence-electron chi connectivity index (χ2n) is 8.27. The van der Waals surface area contributed by atoms with Gasteiger partial charge in [0, 0.05) is 6.04 Å². The number of halogens is 3. The first-order valence-electron chi connectivity index (χ1n) is 10.9. The number of hydrogen-bond acceptors (Lipinski definition) is 3. The van der Waals surface area contributed by atoms with Gasteiger partial charge in [-0.25, -0.2) is 4.98 Å². The molecule has 1 aliphatic rings. The second kappa shape index (κ2) is 9.57. The molecule has 1 heterocycles. The Hall–Kier alpha value is -2.48. The SMILES string of the molecule is C[C@H](Sc1nc2cc(C(F)(F)F)ccc2n1Cc1ccccc1)C(=O)NC1CCCCC1. The fourth-order valence-electron chi connectivity index (χ4n) is 4.07. The van der Waals surface area contributed by atoms with Crippen LogP contribution >= 0.6 is 11.8 Å². The maximum absolute atomic E-state index is 13.2. The Bertz CT molecular complexity index is 1080. The van der Waals surface area contributed by atoms with Crippen LogP contribution in [0.1, 0.15) is 50.2 Å².